The number of carbonyl (C=O) groups is 1. The molecule has 0 unspecified atom stereocenters. The van der Waals surface area contributed by atoms with Gasteiger partial charge in [-0.05, 0) is 39.8 Å². The number of ketones is 1. The van der Waals surface area contributed by atoms with Crippen molar-refractivity contribution in [1.29, 1.82) is 0 Å². The molecule has 0 amide bonds. The molecule has 2 heterocycles. The maximum atomic E-state index is 11.4. The summed E-state index contributed by atoms with van der Waals surface area (Å²) < 4.78 is 11.7. The standard InChI is InChI=1S/C13H18BNO4/c1-8(16)11-9(17)6-7-10(15-11)14-18-12(2,3)13(4,5)19-14/h6-7,17H,1-5H3. The highest BCUT2D eigenvalue weighted by Gasteiger charge is 2.52. The van der Waals surface area contributed by atoms with Gasteiger partial charge >= 0.3 is 7.12 Å². The summed E-state index contributed by atoms with van der Waals surface area (Å²) in [5, 5.41) is 9.59. The smallest absolute Gasteiger partial charge is 0.506 e. The molecule has 19 heavy (non-hydrogen) atoms. The summed E-state index contributed by atoms with van der Waals surface area (Å²) in [5.74, 6) is -0.427. The minimum Gasteiger partial charge on any atom is -0.506 e. The van der Waals surface area contributed by atoms with Crippen molar-refractivity contribution >= 4 is 18.5 Å². The molecule has 0 radical (unpaired) electrons. The molecular weight excluding hydrogens is 245 g/mol. The van der Waals surface area contributed by atoms with Crippen molar-refractivity contribution < 1.29 is 19.2 Å². The van der Waals surface area contributed by atoms with Gasteiger partial charge in [-0.15, -0.1) is 0 Å². The van der Waals surface area contributed by atoms with Gasteiger partial charge < -0.3 is 14.4 Å². The summed E-state index contributed by atoms with van der Waals surface area (Å²) in [6, 6.07) is 3.04. The third-order valence-corrected chi connectivity index (χ3v) is 3.72. The highest BCUT2D eigenvalue weighted by atomic mass is 16.7. The van der Waals surface area contributed by atoms with Crippen molar-refractivity contribution in [3.8, 4) is 5.75 Å². The van der Waals surface area contributed by atoms with E-state index in [0.717, 1.165) is 0 Å². The highest BCUT2D eigenvalue weighted by molar-refractivity contribution is 6.61. The minimum atomic E-state index is -0.635. The number of carbonyl (C=O) groups excluding carboxylic acids is 1. The number of hydrogen-bond acceptors (Lipinski definition) is 5. The van der Waals surface area contributed by atoms with Gasteiger partial charge in [0, 0.05) is 6.92 Å². The second-order valence-electron chi connectivity index (χ2n) is 5.75. The predicted molar refractivity (Wildman–Crippen MR) is 71.6 cm³/mol. The predicted octanol–water partition coefficient (Wildman–Crippen LogP) is 1.29. The van der Waals surface area contributed by atoms with E-state index in [1.54, 1.807) is 6.07 Å². The Morgan fingerprint density at radius 2 is 1.74 bits per heavy atom. The molecule has 1 fully saturated rings. The van der Waals surface area contributed by atoms with Crippen LogP contribution in [0.4, 0.5) is 0 Å². The zero-order valence-electron chi connectivity index (χ0n) is 11.9. The monoisotopic (exact) mass is 263 g/mol. The highest BCUT2D eigenvalue weighted by Crippen LogP contribution is 2.36. The lowest BCUT2D eigenvalue weighted by Gasteiger charge is -2.32. The number of aromatic nitrogens is 1. The van der Waals surface area contributed by atoms with Crippen molar-refractivity contribution in [2.75, 3.05) is 0 Å². The number of rotatable bonds is 2. The molecule has 2 rings (SSSR count). The first-order valence-electron chi connectivity index (χ1n) is 6.20. The Morgan fingerprint density at radius 3 is 2.21 bits per heavy atom. The first-order valence-corrected chi connectivity index (χ1v) is 6.20. The molecule has 0 aliphatic carbocycles. The second-order valence-corrected chi connectivity index (χ2v) is 5.75. The lowest BCUT2D eigenvalue weighted by atomic mass is 9.84. The molecule has 1 aliphatic rings. The second kappa shape index (κ2) is 4.32. The number of aromatic hydroxyl groups is 1. The van der Waals surface area contributed by atoms with E-state index in [-0.39, 0.29) is 17.2 Å². The SMILES string of the molecule is CC(=O)c1nc(B2OC(C)(C)C(C)(C)O2)ccc1O. The molecule has 1 aliphatic heterocycles. The fourth-order valence-corrected chi connectivity index (χ4v) is 1.82. The van der Waals surface area contributed by atoms with E-state index in [1.807, 2.05) is 27.7 Å². The summed E-state index contributed by atoms with van der Waals surface area (Å²) in [5.41, 5.74) is -0.407. The average molecular weight is 263 g/mol. The van der Waals surface area contributed by atoms with Crippen LogP contribution >= 0.6 is 0 Å². The van der Waals surface area contributed by atoms with E-state index in [0.29, 0.717) is 5.59 Å². The third kappa shape index (κ3) is 2.38. The fraction of sp³-hybridized carbons (Fsp3) is 0.538. The Morgan fingerprint density at radius 1 is 1.21 bits per heavy atom. The number of pyridine rings is 1. The van der Waals surface area contributed by atoms with Gasteiger partial charge in [0.1, 0.15) is 11.4 Å². The maximum Gasteiger partial charge on any atom is 0.514 e. The quantitative estimate of drug-likeness (QED) is 0.643. The van der Waals surface area contributed by atoms with Crippen molar-refractivity contribution in [2.24, 2.45) is 0 Å². The molecule has 0 bridgehead atoms. The lowest BCUT2D eigenvalue weighted by Crippen LogP contribution is -2.41. The van der Waals surface area contributed by atoms with Gasteiger partial charge in [0.2, 0.25) is 0 Å². The fourth-order valence-electron chi connectivity index (χ4n) is 1.82. The molecule has 5 nitrogen and oxygen atoms in total. The van der Waals surface area contributed by atoms with Crippen LogP contribution in [0, 0.1) is 0 Å². The average Bonchev–Trinajstić information content (AvgIpc) is 2.48. The largest absolute Gasteiger partial charge is 0.514 e. The van der Waals surface area contributed by atoms with Crippen LogP contribution in [0.3, 0.4) is 0 Å². The van der Waals surface area contributed by atoms with E-state index >= 15 is 0 Å². The van der Waals surface area contributed by atoms with Crippen molar-refractivity contribution in [1.82, 2.24) is 4.98 Å². The normalized spacial score (nSPS) is 20.6. The molecule has 1 aromatic heterocycles. The van der Waals surface area contributed by atoms with Crippen LogP contribution in [-0.2, 0) is 9.31 Å². The van der Waals surface area contributed by atoms with Crippen LogP contribution in [0.2, 0.25) is 0 Å². The van der Waals surface area contributed by atoms with Crippen LogP contribution in [0.5, 0.6) is 5.75 Å². The summed E-state index contributed by atoms with van der Waals surface area (Å²) in [7, 11) is -0.635. The van der Waals surface area contributed by atoms with Gasteiger partial charge in [-0.3, -0.25) is 4.79 Å². The number of hydrogen-bond donors (Lipinski definition) is 1. The summed E-state index contributed by atoms with van der Waals surface area (Å²) >= 11 is 0. The molecule has 6 heteroatoms. The van der Waals surface area contributed by atoms with E-state index in [2.05, 4.69) is 4.98 Å². The van der Waals surface area contributed by atoms with Gasteiger partial charge in [0.25, 0.3) is 0 Å². The third-order valence-electron chi connectivity index (χ3n) is 3.72. The Labute approximate surface area is 113 Å². The van der Waals surface area contributed by atoms with Crippen LogP contribution < -0.4 is 5.59 Å². The Balaban J connectivity index is 2.35. The topological polar surface area (TPSA) is 68.7 Å². The van der Waals surface area contributed by atoms with E-state index in [4.69, 9.17) is 9.31 Å². The Bertz CT molecular complexity index is 511. The molecule has 1 saturated heterocycles. The number of Topliss-reactive ketones (excluding diaryl/α,β-unsaturated/α-hetero) is 1. The molecular formula is C13H18BNO4. The molecule has 0 aromatic carbocycles. The molecule has 0 spiro atoms. The van der Waals surface area contributed by atoms with Gasteiger partial charge in [-0.2, -0.15) is 0 Å². The van der Waals surface area contributed by atoms with Crippen LogP contribution in [0.1, 0.15) is 45.1 Å². The zero-order valence-corrected chi connectivity index (χ0v) is 11.9. The molecule has 1 aromatic rings. The first-order chi connectivity index (χ1) is 8.64. The van der Waals surface area contributed by atoms with Crippen molar-refractivity contribution in [2.45, 2.75) is 45.8 Å². The molecule has 1 N–H and O–H groups in total. The summed E-state index contributed by atoms with van der Waals surface area (Å²) in [6.45, 7) is 9.13. The van der Waals surface area contributed by atoms with Crippen molar-refractivity contribution in [3.63, 3.8) is 0 Å². The van der Waals surface area contributed by atoms with E-state index < -0.39 is 18.3 Å². The van der Waals surface area contributed by atoms with Gasteiger partial charge in [0.05, 0.1) is 16.8 Å². The van der Waals surface area contributed by atoms with Gasteiger partial charge in [0.15, 0.2) is 5.78 Å². The summed E-state index contributed by atoms with van der Waals surface area (Å²) in [6.07, 6.45) is 0. The number of nitrogens with zero attached hydrogens (tertiary/aromatic N) is 1. The van der Waals surface area contributed by atoms with E-state index in [1.165, 1.54) is 13.0 Å². The molecule has 0 saturated carbocycles. The van der Waals surface area contributed by atoms with Crippen LogP contribution in [0.15, 0.2) is 12.1 Å². The van der Waals surface area contributed by atoms with Gasteiger partial charge in [-0.1, -0.05) is 0 Å². The Hall–Kier alpha value is -1.40. The minimum absolute atomic E-state index is 0.0345. The Kier molecular flexibility index (Phi) is 3.19. The molecule has 0 atom stereocenters. The van der Waals surface area contributed by atoms with E-state index in [9.17, 15) is 9.90 Å². The molecule has 102 valence electrons. The first kappa shape index (κ1) is 14.0. The van der Waals surface area contributed by atoms with Crippen LogP contribution in [0.25, 0.3) is 0 Å². The van der Waals surface area contributed by atoms with Crippen molar-refractivity contribution in [3.05, 3.63) is 17.8 Å². The zero-order chi connectivity index (χ0) is 14.4. The van der Waals surface area contributed by atoms with Gasteiger partial charge in [-0.25, -0.2) is 4.98 Å². The van der Waals surface area contributed by atoms with Crippen LogP contribution in [-0.4, -0.2) is 34.2 Å². The summed E-state index contributed by atoms with van der Waals surface area (Å²) in [4.78, 5) is 15.5. The lowest BCUT2D eigenvalue weighted by molar-refractivity contribution is 0.00578. The maximum absolute atomic E-state index is 11.4.